The molecule has 0 radical (unpaired) electrons. The first-order valence-corrected chi connectivity index (χ1v) is 14.9. The third-order valence-corrected chi connectivity index (χ3v) is 10.1. The highest BCUT2D eigenvalue weighted by Crippen LogP contribution is 2.45. The third kappa shape index (κ3) is 2.95. The van der Waals surface area contributed by atoms with E-state index in [-0.39, 0.29) is 0 Å². The van der Waals surface area contributed by atoms with Crippen molar-refractivity contribution < 1.29 is 0 Å². The Kier molecular flexibility index (Phi) is 4.56. The van der Waals surface area contributed by atoms with Gasteiger partial charge in [0.1, 0.15) is 5.82 Å². The van der Waals surface area contributed by atoms with Crippen molar-refractivity contribution in [2.24, 2.45) is 0 Å². The van der Waals surface area contributed by atoms with Crippen molar-refractivity contribution in [1.82, 2.24) is 9.55 Å². The van der Waals surface area contributed by atoms with Gasteiger partial charge in [0, 0.05) is 48.8 Å². The Morgan fingerprint density at radius 2 is 1.74 bits per heavy atom. The Labute approximate surface area is 231 Å². The van der Waals surface area contributed by atoms with Crippen molar-refractivity contribution in [1.29, 1.82) is 0 Å². The Hall–Kier alpha value is -4.15. The number of fused-ring (bicyclic) bond motifs is 9. The molecule has 1 aliphatic heterocycles. The van der Waals surface area contributed by atoms with E-state index in [2.05, 4.69) is 94.4 Å². The van der Waals surface area contributed by atoms with Crippen LogP contribution in [0.3, 0.4) is 0 Å². The quantitative estimate of drug-likeness (QED) is 0.249. The number of pyridine rings is 1. The number of aromatic nitrogens is 2. The van der Waals surface area contributed by atoms with E-state index in [0.717, 1.165) is 37.9 Å². The average molecular weight is 522 g/mol. The van der Waals surface area contributed by atoms with Crippen molar-refractivity contribution >= 4 is 55.7 Å². The summed E-state index contributed by atoms with van der Waals surface area (Å²) in [4.78, 5) is 7.36. The SMILES string of the molecule is C1=CC2=C(CC1)C1=c3sc4c(ccc5c4c4c(n5-c5ccccn5)CCC=C4)c3=CCC1N2c1ccccc1. The van der Waals surface area contributed by atoms with Gasteiger partial charge in [-0.05, 0) is 84.9 Å². The van der Waals surface area contributed by atoms with Crippen LogP contribution in [0.4, 0.5) is 5.69 Å². The molecule has 0 N–H and O–H groups in total. The second-order valence-electron chi connectivity index (χ2n) is 10.9. The Morgan fingerprint density at radius 3 is 2.64 bits per heavy atom. The maximum atomic E-state index is 4.76. The van der Waals surface area contributed by atoms with Crippen LogP contribution in [0, 0.1) is 0 Å². The first kappa shape index (κ1) is 21.7. The van der Waals surface area contributed by atoms with E-state index in [1.54, 1.807) is 11.1 Å². The van der Waals surface area contributed by atoms with E-state index in [9.17, 15) is 0 Å². The first-order chi connectivity index (χ1) is 19.4. The summed E-state index contributed by atoms with van der Waals surface area (Å²) in [5, 5.41) is 4.24. The molecular weight excluding hydrogens is 494 g/mol. The Bertz CT molecular complexity index is 2040. The van der Waals surface area contributed by atoms with Gasteiger partial charge in [-0.2, -0.15) is 0 Å². The molecule has 1 unspecified atom stereocenters. The van der Waals surface area contributed by atoms with Crippen molar-refractivity contribution in [3.05, 3.63) is 117 Å². The predicted octanol–water partition coefficient (Wildman–Crippen LogP) is 7.03. The minimum Gasteiger partial charge on any atom is -0.333 e. The van der Waals surface area contributed by atoms with Gasteiger partial charge in [0.05, 0.1) is 11.6 Å². The summed E-state index contributed by atoms with van der Waals surface area (Å²) >= 11 is 2.02. The molecule has 4 heteroatoms. The second kappa shape index (κ2) is 8.17. The number of benzene rings is 2. The number of thiophene rings is 1. The fourth-order valence-corrected chi connectivity index (χ4v) is 8.80. The highest BCUT2D eigenvalue weighted by molar-refractivity contribution is 7.18. The molecule has 0 fully saturated rings. The molecule has 0 bridgehead atoms. The Balaban J connectivity index is 1.37. The summed E-state index contributed by atoms with van der Waals surface area (Å²) in [5.41, 5.74) is 9.86. The molecular formula is C35H27N3S. The number of hydrogen-bond acceptors (Lipinski definition) is 3. The summed E-state index contributed by atoms with van der Waals surface area (Å²) in [6.07, 6.45) is 19.3. The van der Waals surface area contributed by atoms with Gasteiger partial charge in [0.25, 0.3) is 0 Å². The molecule has 3 nitrogen and oxygen atoms in total. The molecule has 5 aromatic rings. The van der Waals surface area contributed by atoms with E-state index in [4.69, 9.17) is 4.98 Å². The number of allylic oxidation sites excluding steroid dienone is 3. The molecule has 188 valence electrons. The van der Waals surface area contributed by atoms with E-state index in [0.29, 0.717) is 6.04 Å². The minimum atomic E-state index is 0.364. The number of hydrogen-bond donors (Lipinski definition) is 0. The first-order valence-electron chi connectivity index (χ1n) is 14.0. The van der Waals surface area contributed by atoms with Gasteiger partial charge in [0.15, 0.2) is 0 Å². The summed E-state index contributed by atoms with van der Waals surface area (Å²) in [5.74, 6) is 1.01. The highest BCUT2D eigenvalue weighted by atomic mass is 32.1. The van der Waals surface area contributed by atoms with E-state index in [1.165, 1.54) is 53.4 Å². The van der Waals surface area contributed by atoms with Crippen molar-refractivity contribution in [3.63, 3.8) is 0 Å². The molecule has 1 atom stereocenters. The normalized spacial score (nSPS) is 19.3. The number of para-hydroxylation sites is 1. The lowest BCUT2D eigenvalue weighted by Gasteiger charge is -2.29. The molecule has 0 saturated heterocycles. The molecule has 0 saturated carbocycles. The minimum absolute atomic E-state index is 0.364. The summed E-state index contributed by atoms with van der Waals surface area (Å²) < 4.78 is 5.31. The zero-order chi connectivity index (χ0) is 25.5. The topological polar surface area (TPSA) is 21.1 Å². The van der Waals surface area contributed by atoms with Gasteiger partial charge < -0.3 is 4.90 Å². The van der Waals surface area contributed by atoms with Crippen LogP contribution in [0.5, 0.6) is 0 Å². The van der Waals surface area contributed by atoms with Crippen LogP contribution in [-0.2, 0) is 6.42 Å². The summed E-state index contributed by atoms with van der Waals surface area (Å²) in [6, 6.07) is 22.3. The monoisotopic (exact) mass is 521 g/mol. The molecule has 3 aliphatic carbocycles. The van der Waals surface area contributed by atoms with Gasteiger partial charge >= 0.3 is 0 Å². The number of nitrogens with zero attached hydrogens (tertiary/aromatic N) is 3. The van der Waals surface area contributed by atoms with Gasteiger partial charge in [-0.1, -0.05) is 54.6 Å². The molecule has 0 amide bonds. The lowest BCUT2D eigenvalue weighted by Crippen LogP contribution is -2.37. The molecule has 39 heavy (non-hydrogen) atoms. The third-order valence-electron chi connectivity index (χ3n) is 8.88. The van der Waals surface area contributed by atoms with Crippen LogP contribution >= 0.6 is 11.3 Å². The van der Waals surface area contributed by atoms with E-state index >= 15 is 0 Å². The maximum Gasteiger partial charge on any atom is 0.137 e. The van der Waals surface area contributed by atoms with E-state index < -0.39 is 0 Å². The largest absolute Gasteiger partial charge is 0.333 e. The molecule has 2 aromatic carbocycles. The van der Waals surface area contributed by atoms with Crippen LogP contribution in [-0.4, -0.2) is 15.6 Å². The molecule has 3 aromatic heterocycles. The van der Waals surface area contributed by atoms with Crippen LogP contribution in [0.25, 0.3) is 44.5 Å². The molecule has 0 spiro atoms. The molecule has 4 aliphatic rings. The second-order valence-corrected chi connectivity index (χ2v) is 11.9. The Morgan fingerprint density at radius 1 is 0.872 bits per heavy atom. The van der Waals surface area contributed by atoms with Crippen molar-refractivity contribution in [2.75, 3.05) is 4.90 Å². The lowest BCUT2D eigenvalue weighted by molar-refractivity contribution is 0.824. The van der Waals surface area contributed by atoms with Gasteiger partial charge in [-0.15, -0.1) is 11.3 Å². The maximum absolute atomic E-state index is 4.76. The van der Waals surface area contributed by atoms with Crippen LogP contribution in [0.1, 0.15) is 36.9 Å². The average Bonchev–Trinajstić information content (AvgIpc) is 3.65. The lowest BCUT2D eigenvalue weighted by atomic mass is 9.91. The van der Waals surface area contributed by atoms with Crippen LogP contribution < -0.4 is 14.7 Å². The zero-order valence-electron chi connectivity index (χ0n) is 21.6. The molecule has 4 heterocycles. The summed E-state index contributed by atoms with van der Waals surface area (Å²) in [7, 11) is 0. The van der Waals surface area contributed by atoms with Gasteiger partial charge in [-0.3, -0.25) is 4.57 Å². The predicted molar refractivity (Wildman–Crippen MR) is 164 cm³/mol. The fraction of sp³-hybridized carbons (Fsp3) is 0.171. The fourth-order valence-electron chi connectivity index (χ4n) is 7.32. The highest BCUT2D eigenvalue weighted by Gasteiger charge is 2.38. The van der Waals surface area contributed by atoms with Crippen LogP contribution in [0.15, 0.2) is 96.4 Å². The van der Waals surface area contributed by atoms with E-state index in [1.807, 2.05) is 23.6 Å². The number of rotatable bonds is 2. The summed E-state index contributed by atoms with van der Waals surface area (Å²) in [6.45, 7) is 0. The van der Waals surface area contributed by atoms with Gasteiger partial charge in [-0.25, -0.2) is 4.98 Å². The van der Waals surface area contributed by atoms with Gasteiger partial charge in [0.2, 0.25) is 0 Å². The van der Waals surface area contributed by atoms with Crippen molar-refractivity contribution in [3.8, 4) is 5.82 Å². The number of anilines is 1. The van der Waals surface area contributed by atoms with Crippen molar-refractivity contribution in [2.45, 2.75) is 38.1 Å². The molecule has 9 rings (SSSR count). The zero-order valence-corrected chi connectivity index (χ0v) is 22.4. The standard InChI is InChI=1S/C35H27N3S/c1-2-10-22(11-3-1)37-27-14-6-4-12-25(27)32-29(37)19-17-23-24-18-20-30-33(35(24)39-34(23)32)26-13-5-7-15-28(26)38(30)31-16-8-9-21-36-31/h1-3,5-6,8-11,13-14,16-18,20-21,29H,4,7,12,15,19H2. The smallest absolute Gasteiger partial charge is 0.137 e. The van der Waals surface area contributed by atoms with Crippen LogP contribution in [0.2, 0.25) is 0 Å².